The summed E-state index contributed by atoms with van der Waals surface area (Å²) in [6.07, 6.45) is 1.31. The maximum atomic E-state index is 12.7. The number of hydrogen-bond donors (Lipinski definition) is 1. The highest BCUT2D eigenvalue weighted by atomic mass is 32.2. The van der Waals surface area contributed by atoms with Crippen LogP contribution in [0.2, 0.25) is 0 Å². The Bertz CT molecular complexity index is 910. The predicted octanol–water partition coefficient (Wildman–Crippen LogP) is 2.05. The Kier molecular flexibility index (Phi) is 5.05. The van der Waals surface area contributed by atoms with E-state index in [1.165, 1.54) is 31.5 Å². The van der Waals surface area contributed by atoms with E-state index < -0.39 is 29.0 Å². The Morgan fingerprint density at radius 2 is 2.12 bits per heavy atom. The number of ether oxygens (including phenoxy) is 1. The summed E-state index contributed by atoms with van der Waals surface area (Å²) in [6, 6.07) is 4.34. The van der Waals surface area contributed by atoms with Crippen LogP contribution in [0, 0.1) is 0 Å². The monoisotopic (exact) mass is 392 g/mol. The van der Waals surface area contributed by atoms with Gasteiger partial charge in [-0.3, -0.25) is 9.59 Å². The zero-order valence-electron chi connectivity index (χ0n) is 13.4. The number of nitrogens with zero attached hydrogens (tertiary/aromatic N) is 2. The number of hydrogen-bond acceptors (Lipinski definition) is 8. The summed E-state index contributed by atoms with van der Waals surface area (Å²) in [5, 5.41) is 10.4. The topological polar surface area (TPSA) is 114 Å². The van der Waals surface area contributed by atoms with Crippen molar-refractivity contribution in [3.8, 4) is 0 Å². The van der Waals surface area contributed by atoms with Gasteiger partial charge in [-0.1, -0.05) is 11.8 Å². The average Bonchev–Trinajstić information content (AvgIpc) is 3.19. The van der Waals surface area contributed by atoms with Crippen LogP contribution in [0.5, 0.6) is 0 Å². The fourth-order valence-corrected chi connectivity index (χ4v) is 4.45. The molecule has 2 aromatic rings. The lowest BCUT2D eigenvalue weighted by atomic mass is 10.3. The minimum atomic E-state index is -1.17. The number of carboxylic acids is 1. The van der Waals surface area contributed by atoms with Gasteiger partial charge in [0.05, 0.1) is 23.5 Å². The molecule has 1 aliphatic rings. The van der Waals surface area contributed by atoms with Gasteiger partial charge in [-0.2, -0.15) is 0 Å². The molecule has 2 amide bonds. The molecule has 134 valence electrons. The fourth-order valence-electron chi connectivity index (χ4n) is 2.43. The fraction of sp³-hybridized carbons (Fsp3) is 0.188. The van der Waals surface area contributed by atoms with E-state index in [9.17, 15) is 24.3 Å². The number of rotatable bonds is 5. The molecule has 0 saturated carbocycles. The first-order valence-corrected chi connectivity index (χ1v) is 9.07. The zero-order valence-corrected chi connectivity index (χ0v) is 15.0. The molecule has 1 aliphatic heterocycles. The van der Waals surface area contributed by atoms with Crippen LogP contribution in [-0.2, 0) is 14.3 Å². The van der Waals surface area contributed by atoms with E-state index in [0.717, 1.165) is 28.0 Å². The molecular weight excluding hydrogens is 380 g/mol. The van der Waals surface area contributed by atoms with Crippen molar-refractivity contribution in [1.29, 1.82) is 0 Å². The van der Waals surface area contributed by atoms with E-state index in [1.54, 1.807) is 5.38 Å². The van der Waals surface area contributed by atoms with E-state index in [4.69, 9.17) is 0 Å². The van der Waals surface area contributed by atoms with Crippen LogP contribution >= 0.6 is 23.1 Å². The van der Waals surface area contributed by atoms with Gasteiger partial charge in [0.2, 0.25) is 11.8 Å². The molecule has 0 bridgehead atoms. The number of imide groups is 1. The number of amides is 2. The van der Waals surface area contributed by atoms with Crippen LogP contribution in [0.3, 0.4) is 0 Å². The van der Waals surface area contributed by atoms with Crippen molar-refractivity contribution in [2.24, 2.45) is 0 Å². The van der Waals surface area contributed by atoms with Gasteiger partial charge in [0.25, 0.3) is 0 Å². The Hall–Kier alpha value is -2.72. The third-order valence-corrected chi connectivity index (χ3v) is 5.71. The number of methoxy groups -OCH3 is 1. The number of aromatic carboxylic acids is 1. The summed E-state index contributed by atoms with van der Waals surface area (Å²) < 4.78 is 4.67. The molecule has 1 N–H and O–H groups in total. The van der Waals surface area contributed by atoms with Crippen molar-refractivity contribution in [2.45, 2.75) is 16.7 Å². The molecule has 2 aromatic heterocycles. The third kappa shape index (κ3) is 3.20. The van der Waals surface area contributed by atoms with Gasteiger partial charge in [0.15, 0.2) is 0 Å². The first-order valence-electron chi connectivity index (χ1n) is 7.31. The molecule has 8 nitrogen and oxygen atoms in total. The van der Waals surface area contributed by atoms with Gasteiger partial charge >= 0.3 is 11.9 Å². The largest absolute Gasteiger partial charge is 0.478 e. The van der Waals surface area contributed by atoms with Gasteiger partial charge in [-0.05, 0) is 23.6 Å². The van der Waals surface area contributed by atoms with Gasteiger partial charge < -0.3 is 9.84 Å². The first kappa shape index (κ1) is 18.1. The second kappa shape index (κ2) is 7.26. The number of anilines is 1. The van der Waals surface area contributed by atoms with Crippen LogP contribution in [0.1, 0.15) is 27.1 Å². The number of carbonyl (C=O) groups excluding carboxylic acids is 3. The van der Waals surface area contributed by atoms with Gasteiger partial charge in [0, 0.05) is 12.6 Å². The van der Waals surface area contributed by atoms with E-state index in [1.807, 2.05) is 0 Å². The van der Waals surface area contributed by atoms with Crippen molar-refractivity contribution in [1.82, 2.24) is 4.98 Å². The lowest BCUT2D eigenvalue weighted by Gasteiger charge is -2.14. The number of thioether (sulfide) groups is 1. The van der Waals surface area contributed by atoms with Gasteiger partial charge in [0.1, 0.15) is 10.0 Å². The maximum Gasteiger partial charge on any atom is 0.340 e. The molecule has 26 heavy (non-hydrogen) atoms. The summed E-state index contributed by atoms with van der Waals surface area (Å²) in [5.41, 5.74) is 0.0940. The van der Waals surface area contributed by atoms with Gasteiger partial charge in [-0.25, -0.2) is 19.5 Å². The molecule has 1 atom stereocenters. The van der Waals surface area contributed by atoms with Crippen molar-refractivity contribution >= 4 is 51.9 Å². The highest BCUT2D eigenvalue weighted by Crippen LogP contribution is 2.38. The van der Waals surface area contributed by atoms with E-state index in [-0.39, 0.29) is 27.6 Å². The quantitative estimate of drug-likeness (QED) is 0.607. The predicted molar refractivity (Wildman–Crippen MR) is 93.6 cm³/mol. The highest BCUT2D eigenvalue weighted by molar-refractivity contribution is 8.00. The standard InChI is InChI=1S/C16H12N2O6S2/c1-24-16(23)9-4-6-25-14(9)18-11(19)7-10(13(18)20)26-12-8(15(21)22)3-2-5-17-12/h2-6,10H,7H2,1H3,(H,21,22). The molecular formula is C16H12N2O6S2. The Balaban J connectivity index is 1.88. The molecule has 0 aromatic carbocycles. The van der Waals surface area contributed by atoms with Crippen LogP contribution in [-0.4, -0.2) is 46.2 Å². The molecule has 1 unspecified atom stereocenters. The second-order valence-electron chi connectivity index (χ2n) is 5.17. The summed E-state index contributed by atoms with van der Waals surface area (Å²) in [4.78, 5) is 53.1. The minimum absolute atomic E-state index is 0.0393. The lowest BCUT2D eigenvalue weighted by Crippen LogP contribution is -2.31. The summed E-state index contributed by atoms with van der Waals surface area (Å²) in [6.45, 7) is 0. The Morgan fingerprint density at radius 3 is 2.81 bits per heavy atom. The second-order valence-corrected chi connectivity index (χ2v) is 7.26. The molecule has 1 saturated heterocycles. The smallest absolute Gasteiger partial charge is 0.340 e. The van der Waals surface area contributed by atoms with Crippen molar-refractivity contribution < 1.29 is 29.0 Å². The zero-order chi connectivity index (χ0) is 18.8. The molecule has 0 spiro atoms. The number of esters is 1. The molecule has 0 aliphatic carbocycles. The molecule has 3 heterocycles. The number of carboxylic acid groups (broad SMARTS) is 1. The van der Waals surface area contributed by atoms with Crippen LogP contribution in [0.25, 0.3) is 0 Å². The maximum absolute atomic E-state index is 12.7. The molecule has 1 fully saturated rings. The van der Waals surface area contributed by atoms with Crippen molar-refractivity contribution in [3.63, 3.8) is 0 Å². The minimum Gasteiger partial charge on any atom is -0.478 e. The highest BCUT2D eigenvalue weighted by Gasteiger charge is 2.43. The number of thiophene rings is 1. The van der Waals surface area contributed by atoms with Crippen LogP contribution in [0.4, 0.5) is 5.00 Å². The SMILES string of the molecule is COC(=O)c1ccsc1N1C(=O)CC(Sc2ncccc2C(=O)O)C1=O. The molecule has 0 radical (unpaired) electrons. The molecule has 10 heteroatoms. The average molecular weight is 392 g/mol. The van der Waals surface area contributed by atoms with Crippen molar-refractivity contribution in [3.05, 3.63) is 40.9 Å². The van der Waals surface area contributed by atoms with E-state index >= 15 is 0 Å². The first-order chi connectivity index (χ1) is 12.4. The summed E-state index contributed by atoms with van der Waals surface area (Å²) in [7, 11) is 1.21. The summed E-state index contributed by atoms with van der Waals surface area (Å²) in [5.74, 6) is -2.79. The number of pyridine rings is 1. The Morgan fingerprint density at radius 1 is 1.35 bits per heavy atom. The van der Waals surface area contributed by atoms with Crippen LogP contribution < -0.4 is 4.90 Å². The summed E-state index contributed by atoms with van der Waals surface area (Å²) >= 11 is 2.00. The lowest BCUT2D eigenvalue weighted by molar-refractivity contribution is -0.121. The number of carbonyl (C=O) groups is 4. The van der Waals surface area contributed by atoms with Crippen molar-refractivity contribution in [2.75, 3.05) is 12.0 Å². The Labute approximate surface area is 155 Å². The number of aromatic nitrogens is 1. The van der Waals surface area contributed by atoms with Crippen LogP contribution in [0.15, 0.2) is 34.8 Å². The van der Waals surface area contributed by atoms with E-state index in [2.05, 4.69) is 9.72 Å². The van der Waals surface area contributed by atoms with Gasteiger partial charge in [-0.15, -0.1) is 11.3 Å². The van der Waals surface area contributed by atoms with E-state index in [0.29, 0.717) is 0 Å². The third-order valence-electron chi connectivity index (χ3n) is 3.61. The molecule has 3 rings (SSSR count). The normalized spacial score (nSPS) is 16.8.